The fourth-order valence-corrected chi connectivity index (χ4v) is 1.90. The van der Waals surface area contributed by atoms with Crippen LogP contribution in [0.2, 0.25) is 5.15 Å². The highest BCUT2D eigenvalue weighted by Gasteiger charge is 2.20. The van der Waals surface area contributed by atoms with Gasteiger partial charge in [-0.3, -0.25) is 0 Å². The van der Waals surface area contributed by atoms with Gasteiger partial charge in [-0.2, -0.15) is 4.98 Å². The number of ether oxygens (including phenoxy) is 2. The smallest absolute Gasteiger partial charge is 0.221 e. The van der Waals surface area contributed by atoms with Crippen LogP contribution in [-0.4, -0.2) is 29.3 Å². The number of rotatable bonds is 4. The summed E-state index contributed by atoms with van der Waals surface area (Å²) in [6.45, 7) is 5.35. The van der Waals surface area contributed by atoms with Gasteiger partial charge >= 0.3 is 0 Å². The van der Waals surface area contributed by atoms with E-state index in [1.165, 1.54) is 0 Å². The van der Waals surface area contributed by atoms with Crippen LogP contribution in [0, 0.1) is 6.92 Å². The predicted octanol–water partition coefficient (Wildman–Crippen LogP) is 2.56. The molecule has 1 aromatic heterocycles. The highest BCUT2D eigenvalue weighted by molar-refractivity contribution is 6.30. The predicted molar refractivity (Wildman–Crippen MR) is 65.6 cm³/mol. The van der Waals surface area contributed by atoms with Crippen LogP contribution in [0.15, 0.2) is 0 Å². The minimum Gasteiger partial charge on any atom is -0.471 e. The molecular weight excluding hydrogens is 240 g/mol. The highest BCUT2D eigenvalue weighted by atomic mass is 35.5. The van der Waals surface area contributed by atoms with Gasteiger partial charge in [0, 0.05) is 18.4 Å². The Kier molecular flexibility index (Phi) is 4.18. The lowest BCUT2D eigenvalue weighted by Gasteiger charge is -2.14. The lowest BCUT2D eigenvalue weighted by Crippen LogP contribution is -2.18. The average Bonchev–Trinajstić information content (AvgIpc) is 2.78. The number of halogens is 1. The van der Waals surface area contributed by atoms with Gasteiger partial charge < -0.3 is 9.47 Å². The molecule has 0 spiro atoms. The van der Waals surface area contributed by atoms with Crippen molar-refractivity contribution in [3.05, 3.63) is 16.5 Å². The summed E-state index contributed by atoms with van der Waals surface area (Å²) >= 11 is 6.08. The molecule has 5 heteroatoms. The van der Waals surface area contributed by atoms with E-state index in [0.29, 0.717) is 17.6 Å². The molecule has 4 nitrogen and oxygen atoms in total. The summed E-state index contributed by atoms with van der Waals surface area (Å²) in [6, 6.07) is 0. The van der Waals surface area contributed by atoms with E-state index in [-0.39, 0.29) is 6.10 Å². The maximum atomic E-state index is 6.08. The Morgan fingerprint density at radius 1 is 1.47 bits per heavy atom. The minimum absolute atomic E-state index is 0.0918. The van der Waals surface area contributed by atoms with Gasteiger partial charge in [0.15, 0.2) is 0 Å². The fourth-order valence-electron chi connectivity index (χ4n) is 1.73. The van der Waals surface area contributed by atoms with E-state index in [1.807, 2.05) is 6.92 Å². The topological polar surface area (TPSA) is 44.2 Å². The molecule has 1 aliphatic heterocycles. The van der Waals surface area contributed by atoms with E-state index >= 15 is 0 Å². The zero-order valence-corrected chi connectivity index (χ0v) is 11.0. The fraction of sp³-hybridized carbons (Fsp3) is 0.667. The second-order valence-electron chi connectivity index (χ2n) is 4.21. The number of aromatic nitrogens is 2. The van der Waals surface area contributed by atoms with Crippen molar-refractivity contribution in [3.63, 3.8) is 0 Å². The SMILES string of the molecule is CCCc1nc(Cl)c(C)c(OC2CCOC2)n1. The van der Waals surface area contributed by atoms with Crippen LogP contribution in [0.25, 0.3) is 0 Å². The Morgan fingerprint density at radius 2 is 2.29 bits per heavy atom. The molecule has 2 heterocycles. The van der Waals surface area contributed by atoms with E-state index in [2.05, 4.69) is 16.9 Å². The Morgan fingerprint density at radius 3 is 2.94 bits per heavy atom. The molecule has 1 aliphatic rings. The van der Waals surface area contributed by atoms with Crippen LogP contribution >= 0.6 is 11.6 Å². The van der Waals surface area contributed by atoms with Crippen molar-refractivity contribution < 1.29 is 9.47 Å². The van der Waals surface area contributed by atoms with Crippen LogP contribution in [0.3, 0.4) is 0 Å². The molecule has 0 amide bonds. The minimum atomic E-state index is 0.0918. The number of aryl methyl sites for hydroxylation is 1. The molecule has 0 aromatic carbocycles. The average molecular weight is 257 g/mol. The molecule has 0 bridgehead atoms. The van der Waals surface area contributed by atoms with Crippen LogP contribution in [0.4, 0.5) is 0 Å². The first-order chi connectivity index (χ1) is 8.20. The van der Waals surface area contributed by atoms with Crippen LogP contribution in [0.5, 0.6) is 5.88 Å². The molecule has 1 atom stereocenters. The maximum Gasteiger partial charge on any atom is 0.221 e. The third-order valence-electron chi connectivity index (χ3n) is 2.73. The van der Waals surface area contributed by atoms with E-state index < -0.39 is 0 Å². The second-order valence-corrected chi connectivity index (χ2v) is 4.57. The molecule has 1 unspecified atom stereocenters. The van der Waals surface area contributed by atoms with Crippen molar-refractivity contribution in [1.82, 2.24) is 9.97 Å². The van der Waals surface area contributed by atoms with Gasteiger partial charge in [-0.15, -0.1) is 0 Å². The molecule has 1 aromatic rings. The van der Waals surface area contributed by atoms with Crippen molar-refractivity contribution in [2.45, 2.75) is 39.2 Å². The van der Waals surface area contributed by atoms with Crippen LogP contribution in [-0.2, 0) is 11.2 Å². The Hall–Kier alpha value is -0.870. The summed E-state index contributed by atoms with van der Waals surface area (Å²) in [4.78, 5) is 8.65. The Balaban J connectivity index is 2.18. The number of hydrogen-bond donors (Lipinski definition) is 0. The van der Waals surface area contributed by atoms with E-state index in [9.17, 15) is 0 Å². The summed E-state index contributed by atoms with van der Waals surface area (Å²) in [5.74, 6) is 1.35. The summed E-state index contributed by atoms with van der Waals surface area (Å²) in [5.41, 5.74) is 0.804. The first kappa shape index (κ1) is 12.6. The third kappa shape index (κ3) is 3.07. The van der Waals surface area contributed by atoms with Crippen molar-refractivity contribution in [2.24, 2.45) is 0 Å². The Bertz CT molecular complexity index is 392. The number of hydrogen-bond acceptors (Lipinski definition) is 4. The molecule has 0 aliphatic carbocycles. The van der Waals surface area contributed by atoms with Gasteiger partial charge in [-0.1, -0.05) is 18.5 Å². The summed E-state index contributed by atoms with van der Waals surface area (Å²) in [7, 11) is 0. The summed E-state index contributed by atoms with van der Waals surface area (Å²) < 4.78 is 11.1. The zero-order valence-electron chi connectivity index (χ0n) is 10.2. The van der Waals surface area contributed by atoms with E-state index in [0.717, 1.165) is 37.3 Å². The summed E-state index contributed by atoms with van der Waals surface area (Å²) in [6.07, 6.45) is 2.81. The quantitative estimate of drug-likeness (QED) is 0.777. The van der Waals surface area contributed by atoms with Gasteiger partial charge in [-0.25, -0.2) is 4.98 Å². The van der Waals surface area contributed by atoms with Crippen molar-refractivity contribution in [3.8, 4) is 5.88 Å². The van der Waals surface area contributed by atoms with Gasteiger partial charge in [0.05, 0.1) is 13.2 Å². The van der Waals surface area contributed by atoms with Gasteiger partial charge in [-0.05, 0) is 13.3 Å². The molecule has 0 N–H and O–H groups in total. The monoisotopic (exact) mass is 256 g/mol. The van der Waals surface area contributed by atoms with Gasteiger partial charge in [0.1, 0.15) is 17.1 Å². The molecule has 94 valence electrons. The molecule has 0 radical (unpaired) electrons. The number of nitrogens with zero attached hydrogens (tertiary/aromatic N) is 2. The molecule has 17 heavy (non-hydrogen) atoms. The normalized spacial score (nSPS) is 19.6. The zero-order chi connectivity index (χ0) is 12.3. The maximum absolute atomic E-state index is 6.08. The first-order valence-electron chi connectivity index (χ1n) is 5.98. The van der Waals surface area contributed by atoms with Gasteiger partial charge in [0.25, 0.3) is 0 Å². The van der Waals surface area contributed by atoms with Crippen LogP contribution in [0.1, 0.15) is 31.2 Å². The van der Waals surface area contributed by atoms with Crippen molar-refractivity contribution in [2.75, 3.05) is 13.2 Å². The highest BCUT2D eigenvalue weighted by Crippen LogP contribution is 2.24. The van der Waals surface area contributed by atoms with Crippen molar-refractivity contribution in [1.29, 1.82) is 0 Å². The summed E-state index contributed by atoms with van der Waals surface area (Å²) in [5, 5.41) is 0.484. The van der Waals surface area contributed by atoms with Crippen molar-refractivity contribution >= 4 is 11.6 Å². The largest absolute Gasteiger partial charge is 0.471 e. The lowest BCUT2D eigenvalue weighted by molar-refractivity contribution is 0.137. The molecular formula is C12H17ClN2O2. The lowest BCUT2D eigenvalue weighted by atomic mass is 10.3. The third-order valence-corrected chi connectivity index (χ3v) is 3.10. The van der Waals surface area contributed by atoms with Crippen LogP contribution < -0.4 is 4.74 Å². The molecule has 2 rings (SSSR count). The molecule has 0 saturated carbocycles. The Labute approximate surface area is 106 Å². The standard InChI is InChI=1S/C12H17ClN2O2/c1-3-4-10-14-11(13)8(2)12(15-10)17-9-5-6-16-7-9/h9H,3-7H2,1-2H3. The first-order valence-corrected chi connectivity index (χ1v) is 6.36. The van der Waals surface area contributed by atoms with E-state index in [4.69, 9.17) is 21.1 Å². The molecule has 1 saturated heterocycles. The van der Waals surface area contributed by atoms with Gasteiger partial charge in [0.2, 0.25) is 5.88 Å². The second kappa shape index (κ2) is 5.65. The molecule has 1 fully saturated rings. The van der Waals surface area contributed by atoms with E-state index in [1.54, 1.807) is 0 Å².